The first kappa shape index (κ1) is 16.6. The number of aromatic nitrogens is 7. The number of benzene rings is 1. The standard InChI is InChI=1S/C20H18N8/c1-2-4-18(5-3-1)28-13-17(25-26-28)12-27-7-6-19-16(11-27)10-23-20(24-19)15-8-21-14-22-9-15/h1-5,8-10,13-14H,6-7,11-12H2. The Labute approximate surface area is 161 Å². The maximum atomic E-state index is 4.72. The van der Waals surface area contributed by atoms with E-state index in [1.807, 2.05) is 47.4 Å². The molecule has 4 heterocycles. The number of fused-ring (bicyclic) bond motifs is 1. The topological polar surface area (TPSA) is 85.5 Å². The third kappa shape index (κ3) is 3.37. The number of hydrogen-bond donors (Lipinski definition) is 0. The molecule has 8 nitrogen and oxygen atoms in total. The van der Waals surface area contributed by atoms with Crippen molar-refractivity contribution in [1.82, 2.24) is 39.8 Å². The predicted molar refractivity (Wildman–Crippen MR) is 102 cm³/mol. The van der Waals surface area contributed by atoms with Crippen molar-refractivity contribution in [3.05, 3.63) is 78.4 Å². The summed E-state index contributed by atoms with van der Waals surface area (Å²) in [5, 5.41) is 8.57. The van der Waals surface area contributed by atoms with E-state index in [4.69, 9.17) is 4.98 Å². The molecule has 0 unspecified atom stereocenters. The van der Waals surface area contributed by atoms with Crippen molar-refractivity contribution in [2.45, 2.75) is 19.5 Å². The Bertz CT molecular complexity index is 1080. The Morgan fingerprint density at radius 1 is 1.00 bits per heavy atom. The normalized spacial score (nSPS) is 14.0. The lowest BCUT2D eigenvalue weighted by atomic mass is 10.1. The molecule has 3 aromatic heterocycles. The minimum absolute atomic E-state index is 0.679. The van der Waals surface area contributed by atoms with E-state index >= 15 is 0 Å². The van der Waals surface area contributed by atoms with Gasteiger partial charge in [-0.3, -0.25) is 4.90 Å². The molecule has 0 fully saturated rings. The lowest BCUT2D eigenvalue weighted by molar-refractivity contribution is 0.240. The van der Waals surface area contributed by atoms with Gasteiger partial charge in [0.1, 0.15) is 6.33 Å². The first-order valence-electron chi connectivity index (χ1n) is 9.14. The van der Waals surface area contributed by atoms with Gasteiger partial charge < -0.3 is 0 Å². The Kier molecular flexibility index (Phi) is 4.30. The molecule has 0 spiro atoms. The fraction of sp³-hybridized carbons (Fsp3) is 0.200. The second kappa shape index (κ2) is 7.24. The van der Waals surface area contributed by atoms with E-state index in [-0.39, 0.29) is 0 Å². The first-order chi connectivity index (χ1) is 13.8. The number of nitrogens with zero attached hydrogens (tertiary/aromatic N) is 8. The van der Waals surface area contributed by atoms with Crippen LogP contribution in [0.3, 0.4) is 0 Å². The SMILES string of the molecule is c1ccc(-n2cc(CN3CCc4nc(-c5cncnc5)ncc4C3)nn2)cc1. The maximum absolute atomic E-state index is 4.72. The van der Waals surface area contributed by atoms with E-state index < -0.39 is 0 Å². The highest BCUT2D eigenvalue weighted by molar-refractivity contribution is 5.52. The van der Waals surface area contributed by atoms with Crippen LogP contribution in [-0.2, 0) is 19.5 Å². The summed E-state index contributed by atoms with van der Waals surface area (Å²) >= 11 is 0. The molecular formula is C20H18N8. The van der Waals surface area contributed by atoms with Crippen LogP contribution >= 0.6 is 0 Å². The molecule has 5 rings (SSSR count). The molecule has 0 atom stereocenters. The van der Waals surface area contributed by atoms with Gasteiger partial charge in [-0.25, -0.2) is 24.6 Å². The highest BCUT2D eigenvalue weighted by Gasteiger charge is 2.20. The molecular weight excluding hydrogens is 352 g/mol. The number of para-hydroxylation sites is 1. The van der Waals surface area contributed by atoms with Crippen LogP contribution in [0.25, 0.3) is 17.1 Å². The molecule has 0 radical (unpaired) electrons. The molecule has 8 heteroatoms. The predicted octanol–water partition coefficient (Wildman–Crippen LogP) is 2.07. The Morgan fingerprint density at radius 2 is 1.86 bits per heavy atom. The van der Waals surface area contributed by atoms with Gasteiger partial charge in [-0.15, -0.1) is 5.10 Å². The van der Waals surface area contributed by atoms with Crippen molar-refractivity contribution in [2.24, 2.45) is 0 Å². The van der Waals surface area contributed by atoms with Crippen LogP contribution in [0.4, 0.5) is 0 Å². The molecule has 4 aromatic rings. The third-order valence-corrected chi connectivity index (χ3v) is 4.78. The molecule has 1 aromatic carbocycles. The highest BCUT2D eigenvalue weighted by atomic mass is 15.4. The summed E-state index contributed by atoms with van der Waals surface area (Å²) in [5.74, 6) is 0.679. The molecule has 0 bridgehead atoms. The maximum Gasteiger partial charge on any atom is 0.162 e. The van der Waals surface area contributed by atoms with Crippen molar-refractivity contribution in [3.8, 4) is 17.1 Å². The van der Waals surface area contributed by atoms with E-state index in [0.29, 0.717) is 5.82 Å². The zero-order chi connectivity index (χ0) is 18.8. The molecule has 138 valence electrons. The van der Waals surface area contributed by atoms with Gasteiger partial charge in [-0.1, -0.05) is 23.4 Å². The fourth-order valence-electron chi connectivity index (χ4n) is 3.37. The van der Waals surface area contributed by atoms with Crippen molar-refractivity contribution < 1.29 is 0 Å². The van der Waals surface area contributed by atoms with Gasteiger partial charge in [-0.2, -0.15) is 0 Å². The second-order valence-corrected chi connectivity index (χ2v) is 6.74. The fourth-order valence-corrected chi connectivity index (χ4v) is 3.37. The molecule has 28 heavy (non-hydrogen) atoms. The zero-order valence-electron chi connectivity index (χ0n) is 15.2. The van der Waals surface area contributed by atoms with Crippen molar-refractivity contribution in [3.63, 3.8) is 0 Å². The van der Waals surface area contributed by atoms with Gasteiger partial charge >= 0.3 is 0 Å². The summed E-state index contributed by atoms with van der Waals surface area (Å²) in [4.78, 5) is 19.6. The summed E-state index contributed by atoms with van der Waals surface area (Å²) in [7, 11) is 0. The van der Waals surface area contributed by atoms with Gasteiger partial charge in [0, 0.05) is 50.2 Å². The van der Waals surface area contributed by atoms with E-state index in [9.17, 15) is 0 Å². The zero-order valence-corrected chi connectivity index (χ0v) is 15.2. The summed E-state index contributed by atoms with van der Waals surface area (Å²) in [6, 6.07) is 10.0. The van der Waals surface area contributed by atoms with Crippen LogP contribution in [0.2, 0.25) is 0 Å². The van der Waals surface area contributed by atoms with Crippen LogP contribution in [0.15, 0.2) is 61.4 Å². The highest BCUT2D eigenvalue weighted by Crippen LogP contribution is 2.21. The lowest BCUT2D eigenvalue weighted by Gasteiger charge is -2.27. The van der Waals surface area contributed by atoms with Gasteiger partial charge in [0.25, 0.3) is 0 Å². The van der Waals surface area contributed by atoms with Gasteiger partial charge in [0.15, 0.2) is 5.82 Å². The van der Waals surface area contributed by atoms with Crippen molar-refractivity contribution >= 4 is 0 Å². The Morgan fingerprint density at radius 3 is 2.71 bits per heavy atom. The molecule has 0 aliphatic carbocycles. The third-order valence-electron chi connectivity index (χ3n) is 4.78. The molecule has 1 aliphatic heterocycles. The number of rotatable bonds is 4. The average molecular weight is 370 g/mol. The van der Waals surface area contributed by atoms with Crippen LogP contribution in [0.5, 0.6) is 0 Å². The summed E-state index contributed by atoms with van der Waals surface area (Å²) < 4.78 is 1.81. The smallest absolute Gasteiger partial charge is 0.162 e. The minimum Gasteiger partial charge on any atom is -0.293 e. The monoisotopic (exact) mass is 370 g/mol. The van der Waals surface area contributed by atoms with Crippen LogP contribution < -0.4 is 0 Å². The van der Waals surface area contributed by atoms with Gasteiger partial charge in [-0.05, 0) is 12.1 Å². The van der Waals surface area contributed by atoms with Crippen LogP contribution in [-0.4, -0.2) is 46.4 Å². The Hall–Kier alpha value is -3.52. The first-order valence-corrected chi connectivity index (χ1v) is 9.14. The van der Waals surface area contributed by atoms with Crippen molar-refractivity contribution in [1.29, 1.82) is 0 Å². The second-order valence-electron chi connectivity index (χ2n) is 6.74. The number of hydrogen-bond acceptors (Lipinski definition) is 7. The van der Waals surface area contributed by atoms with Crippen molar-refractivity contribution in [2.75, 3.05) is 6.54 Å². The largest absolute Gasteiger partial charge is 0.293 e. The summed E-state index contributed by atoms with van der Waals surface area (Å²) in [6.07, 6.45) is 9.76. The van der Waals surface area contributed by atoms with Gasteiger partial charge in [0.2, 0.25) is 0 Å². The van der Waals surface area contributed by atoms with Crippen LogP contribution in [0, 0.1) is 0 Å². The van der Waals surface area contributed by atoms with E-state index in [2.05, 4.69) is 30.2 Å². The molecule has 0 saturated heterocycles. The van der Waals surface area contributed by atoms with Gasteiger partial charge in [0.05, 0.1) is 28.8 Å². The lowest BCUT2D eigenvalue weighted by Crippen LogP contribution is -2.31. The van der Waals surface area contributed by atoms with E-state index in [1.54, 1.807) is 12.4 Å². The molecule has 0 amide bonds. The molecule has 0 saturated carbocycles. The Balaban J connectivity index is 1.30. The molecule has 0 N–H and O–H groups in total. The van der Waals surface area contributed by atoms with Crippen LogP contribution in [0.1, 0.15) is 17.0 Å². The quantitative estimate of drug-likeness (QED) is 0.543. The summed E-state index contributed by atoms with van der Waals surface area (Å²) in [5.41, 5.74) is 5.05. The summed E-state index contributed by atoms with van der Waals surface area (Å²) in [6.45, 7) is 2.48. The van der Waals surface area contributed by atoms with E-state index in [0.717, 1.165) is 54.3 Å². The minimum atomic E-state index is 0.679. The van der Waals surface area contributed by atoms with E-state index in [1.165, 1.54) is 6.33 Å². The molecule has 1 aliphatic rings. The average Bonchev–Trinajstić information content (AvgIpc) is 3.23.